The van der Waals surface area contributed by atoms with Crippen molar-refractivity contribution in [3.05, 3.63) is 0 Å². The van der Waals surface area contributed by atoms with E-state index in [2.05, 4.69) is 34.6 Å². The van der Waals surface area contributed by atoms with Crippen LogP contribution in [0.2, 0.25) is 0 Å². The van der Waals surface area contributed by atoms with E-state index in [9.17, 15) is 0 Å². The summed E-state index contributed by atoms with van der Waals surface area (Å²) in [7, 11) is 0. The van der Waals surface area contributed by atoms with Gasteiger partial charge in [0.1, 0.15) is 0 Å². The fourth-order valence-electron chi connectivity index (χ4n) is 3.38. The molecule has 0 aromatic heterocycles. The Morgan fingerprint density at radius 1 is 1.36 bits per heavy atom. The molecule has 0 saturated heterocycles. The van der Waals surface area contributed by atoms with Crippen molar-refractivity contribution < 1.29 is 0 Å². The molecule has 0 bridgehead atoms. The molecule has 0 radical (unpaired) electrons. The summed E-state index contributed by atoms with van der Waals surface area (Å²) >= 11 is 0. The van der Waals surface area contributed by atoms with Gasteiger partial charge in [0, 0.05) is 0 Å². The molecule has 1 fully saturated rings. The highest BCUT2D eigenvalue weighted by molar-refractivity contribution is 4.89. The van der Waals surface area contributed by atoms with E-state index < -0.39 is 0 Å². The molecule has 0 spiro atoms. The first-order valence-corrected chi connectivity index (χ1v) is 6.49. The zero-order valence-electron chi connectivity index (χ0n) is 10.8. The lowest BCUT2D eigenvalue weighted by Crippen LogP contribution is -2.27. The average molecular weight is 196 g/mol. The molecule has 0 N–H and O–H groups in total. The van der Waals surface area contributed by atoms with Gasteiger partial charge in [-0.2, -0.15) is 0 Å². The number of hydrogen-bond acceptors (Lipinski definition) is 0. The molecular formula is C14H28. The molecule has 0 aromatic carbocycles. The lowest BCUT2D eigenvalue weighted by Gasteiger charge is -2.36. The maximum Gasteiger partial charge on any atom is -0.0295 e. The first-order chi connectivity index (χ1) is 6.49. The Morgan fingerprint density at radius 2 is 2.00 bits per heavy atom. The summed E-state index contributed by atoms with van der Waals surface area (Å²) < 4.78 is 0. The molecular weight excluding hydrogens is 168 g/mol. The molecule has 0 aromatic rings. The van der Waals surface area contributed by atoms with Gasteiger partial charge in [-0.15, -0.1) is 0 Å². The Labute approximate surface area is 90.5 Å². The van der Waals surface area contributed by atoms with Gasteiger partial charge in [0.25, 0.3) is 0 Å². The lowest BCUT2D eigenvalue weighted by atomic mass is 9.69. The minimum Gasteiger partial charge on any atom is -0.0654 e. The van der Waals surface area contributed by atoms with E-state index in [0.717, 1.165) is 17.8 Å². The summed E-state index contributed by atoms with van der Waals surface area (Å²) in [6, 6.07) is 0. The molecule has 0 amide bonds. The monoisotopic (exact) mass is 196 g/mol. The van der Waals surface area contributed by atoms with Crippen molar-refractivity contribution >= 4 is 0 Å². The first kappa shape index (κ1) is 12.1. The minimum absolute atomic E-state index is 0.647. The summed E-state index contributed by atoms with van der Waals surface area (Å²) in [5, 5.41) is 0. The van der Waals surface area contributed by atoms with Crippen molar-refractivity contribution in [1.82, 2.24) is 0 Å². The van der Waals surface area contributed by atoms with E-state index >= 15 is 0 Å². The summed E-state index contributed by atoms with van der Waals surface area (Å²) in [4.78, 5) is 0. The van der Waals surface area contributed by atoms with Crippen molar-refractivity contribution in [2.45, 2.75) is 66.7 Å². The third-order valence-corrected chi connectivity index (χ3v) is 4.72. The van der Waals surface area contributed by atoms with Crippen LogP contribution in [0.1, 0.15) is 66.7 Å². The van der Waals surface area contributed by atoms with Gasteiger partial charge in [0.05, 0.1) is 0 Å². The molecule has 1 aliphatic carbocycles. The van der Waals surface area contributed by atoms with Crippen LogP contribution in [0.25, 0.3) is 0 Å². The second kappa shape index (κ2) is 4.68. The second-order valence-electron chi connectivity index (χ2n) is 6.06. The quantitative estimate of drug-likeness (QED) is 0.601. The molecule has 14 heavy (non-hydrogen) atoms. The van der Waals surface area contributed by atoms with Crippen molar-refractivity contribution in [1.29, 1.82) is 0 Å². The predicted octanol–water partition coefficient (Wildman–Crippen LogP) is 4.89. The molecule has 1 rings (SSSR count). The van der Waals surface area contributed by atoms with E-state index in [4.69, 9.17) is 0 Å². The Balaban J connectivity index is 2.54. The molecule has 0 heterocycles. The minimum atomic E-state index is 0.647. The van der Waals surface area contributed by atoms with Gasteiger partial charge in [-0.25, -0.2) is 0 Å². The number of rotatable bonds is 4. The third kappa shape index (κ3) is 2.52. The van der Waals surface area contributed by atoms with Gasteiger partial charge in [-0.1, -0.05) is 53.9 Å². The first-order valence-electron chi connectivity index (χ1n) is 6.49. The summed E-state index contributed by atoms with van der Waals surface area (Å²) in [6.45, 7) is 12.2. The van der Waals surface area contributed by atoms with Crippen LogP contribution in [0, 0.1) is 23.2 Å². The highest BCUT2D eigenvalue weighted by atomic mass is 14.4. The van der Waals surface area contributed by atoms with E-state index in [0.29, 0.717) is 5.41 Å². The van der Waals surface area contributed by atoms with Gasteiger partial charge >= 0.3 is 0 Å². The highest BCUT2D eigenvalue weighted by Gasteiger charge is 2.39. The predicted molar refractivity (Wildman–Crippen MR) is 64.4 cm³/mol. The van der Waals surface area contributed by atoms with Gasteiger partial charge in [0.2, 0.25) is 0 Å². The van der Waals surface area contributed by atoms with Crippen LogP contribution < -0.4 is 0 Å². The molecule has 1 aliphatic rings. The molecule has 4 unspecified atom stereocenters. The van der Waals surface area contributed by atoms with Gasteiger partial charge in [-0.05, 0) is 36.0 Å². The molecule has 0 nitrogen and oxygen atoms in total. The van der Waals surface area contributed by atoms with Crippen molar-refractivity contribution in [2.24, 2.45) is 23.2 Å². The largest absolute Gasteiger partial charge is 0.0654 e. The summed E-state index contributed by atoms with van der Waals surface area (Å²) in [5.74, 6) is 2.79. The average Bonchev–Trinajstić information content (AvgIpc) is 2.47. The molecule has 4 atom stereocenters. The second-order valence-corrected chi connectivity index (χ2v) is 6.06. The Bertz CT molecular complexity index is 173. The van der Waals surface area contributed by atoms with Crippen molar-refractivity contribution in [2.75, 3.05) is 0 Å². The summed E-state index contributed by atoms with van der Waals surface area (Å²) in [6.07, 6.45) is 7.13. The van der Waals surface area contributed by atoms with Crippen LogP contribution in [0.5, 0.6) is 0 Å². The van der Waals surface area contributed by atoms with Gasteiger partial charge in [0.15, 0.2) is 0 Å². The number of hydrogen-bond donors (Lipinski definition) is 0. The smallest absolute Gasteiger partial charge is 0.0295 e. The Kier molecular flexibility index (Phi) is 4.04. The van der Waals surface area contributed by atoms with Gasteiger partial charge < -0.3 is 0 Å². The zero-order chi connectivity index (χ0) is 10.8. The normalized spacial score (nSPS) is 37.1. The fraction of sp³-hybridized carbons (Fsp3) is 1.00. The van der Waals surface area contributed by atoms with Crippen LogP contribution in [0.3, 0.4) is 0 Å². The van der Waals surface area contributed by atoms with E-state index in [-0.39, 0.29) is 0 Å². The highest BCUT2D eigenvalue weighted by Crippen LogP contribution is 2.49. The molecule has 0 aliphatic heterocycles. The third-order valence-electron chi connectivity index (χ3n) is 4.72. The SMILES string of the molecule is CCCC(C)C(C)C1(C)CCC(C)C1. The molecule has 84 valence electrons. The van der Waals surface area contributed by atoms with E-state index in [1.165, 1.54) is 32.1 Å². The van der Waals surface area contributed by atoms with Crippen LogP contribution in [0.4, 0.5) is 0 Å². The standard InChI is InChI=1S/C14H28/c1-6-7-12(3)13(4)14(5)9-8-11(2)10-14/h11-13H,6-10H2,1-5H3. The van der Waals surface area contributed by atoms with Crippen LogP contribution in [0.15, 0.2) is 0 Å². The lowest BCUT2D eigenvalue weighted by molar-refractivity contribution is 0.139. The maximum absolute atomic E-state index is 2.52. The van der Waals surface area contributed by atoms with E-state index in [1.807, 2.05) is 0 Å². The van der Waals surface area contributed by atoms with E-state index in [1.54, 1.807) is 0 Å². The maximum atomic E-state index is 2.52. The molecule has 1 saturated carbocycles. The zero-order valence-corrected chi connectivity index (χ0v) is 10.8. The topological polar surface area (TPSA) is 0 Å². The van der Waals surface area contributed by atoms with Crippen LogP contribution in [-0.2, 0) is 0 Å². The van der Waals surface area contributed by atoms with Gasteiger partial charge in [-0.3, -0.25) is 0 Å². The van der Waals surface area contributed by atoms with Crippen molar-refractivity contribution in [3.8, 4) is 0 Å². The fourth-order valence-corrected chi connectivity index (χ4v) is 3.38. The summed E-state index contributed by atoms with van der Waals surface area (Å²) in [5.41, 5.74) is 0.647. The molecule has 0 heteroatoms. The Morgan fingerprint density at radius 3 is 2.43 bits per heavy atom. The van der Waals surface area contributed by atoms with Crippen molar-refractivity contribution in [3.63, 3.8) is 0 Å². The van der Waals surface area contributed by atoms with Crippen LogP contribution in [-0.4, -0.2) is 0 Å². The van der Waals surface area contributed by atoms with Crippen LogP contribution >= 0.6 is 0 Å². The Hall–Kier alpha value is 0.